The molecule has 146 valence electrons. The van der Waals surface area contributed by atoms with Gasteiger partial charge in [-0.25, -0.2) is 0 Å². The molecule has 26 heavy (non-hydrogen) atoms. The summed E-state index contributed by atoms with van der Waals surface area (Å²) in [5, 5.41) is 8.99. The quantitative estimate of drug-likeness (QED) is 0.486. The van der Waals surface area contributed by atoms with E-state index in [2.05, 4.69) is 20.9 Å². The van der Waals surface area contributed by atoms with Crippen LogP contribution < -0.4 is 16.0 Å². The third-order valence-corrected chi connectivity index (χ3v) is 3.88. The van der Waals surface area contributed by atoms with E-state index >= 15 is 0 Å². The molecule has 0 heterocycles. The number of aliphatic imine (C=N–C) groups is 1. The average molecular weight is 372 g/mol. The van der Waals surface area contributed by atoms with Gasteiger partial charge in [0.15, 0.2) is 5.96 Å². The highest BCUT2D eigenvalue weighted by Gasteiger charge is 2.29. The monoisotopic (exact) mass is 372 g/mol. The molecule has 0 saturated carbocycles. The number of guanidine groups is 1. The second-order valence-corrected chi connectivity index (χ2v) is 6.00. The Balaban J connectivity index is 2.31. The molecule has 0 radical (unpaired) electrons. The van der Waals surface area contributed by atoms with Crippen LogP contribution in [0.1, 0.15) is 37.8 Å². The second-order valence-electron chi connectivity index (χ2n) is 6.00. The fourth-order valence-corrected chi connectivity index (χ4v) is 2.15. The van der Waals surface area contributed by atoms with Crippen molar-refractivity contribution in [2.75, 3.05) is 20.1 Å². The van der Waals surface area contributed by atoms with Crippen molar-refractivity contribution in [2.24, 2.45) is 4.99 Å². The smallest absolute Gasteiger partial charge is 0.356 e. The van der Waals surface area contributed by atoms with Crippen molar-refractivity contribution in [3.8, 4) is 0 Å². The Hall–Kier alpha value is -2.25. The number of halogens is 3. The van der Waals surface area contributed by atoms with Gasteiger partial charge in [0.1, 0.15) is 0 Å². The average Bonchev–Trinajstić information content (AvgIpc) is 2.59. The summed E-state index contributed by atoms with van der Waals surface area (Å²) in [6.45, 7) is 4.92. The molecule has 0 aliphatic carbocycles. The maximum atomic E-state index is 12.5. The van der Waals surface area contributed by atoms with E-state index in [-0.39, 0.29) is 11.9 Å². The van der Waals surface area contributed by atoms with Crippen molar-refractivity contribution < 1.29 is 18.0 Å². The van der Waals surface area contributed by atoms with Gasteiger partial charge in [0.2, 0.25) is 5.91 Å². The van der Waals surface area contributed by atoms with Crippen LogP contribution in [-0.2, 0) is 17.4 Å². The SMILES string of the molecule is CCC(C)NC(=O)CCNC(=NC)NCCc1ccc(C(F)(F)F)cc1. The Morgan fingerprint density at radius 2 is 1.77 bits per heavy atom. The van der Waals surface area contributed by atoms with Gasteiger partial charge in [-0.3, -0.25) is 9.79 Å². The molecular weight excluding hydrogens is 345 g/mol. The van der Waals surface area contributed by atoms with E-state index in [0.717, 1.165) is 24.1 Å². The molecule has 1 rings (SSSR count). The number of nitrogens with one attached hydrogen (secondary N) is 3. The van der Waals surface area contributed by atoms with Crippen LogP contribution in [-0.4, -0.2) is 38.0 Å². The number of hydrogen-bond acceptors (Lipinski definition) is 2. The first kappa shape index (κ1) is 21.8. The summed E-state index contributed by atoms with van der Waals surface area (Å²) in [5.74, 6) is 0.528. The third-order valence-electron chi connectivity index (χ3n) is 3.88. The van der Waals surface area contributed by atoms with Crippen LogP contribution in [0.3, 0.4) is 0 Å². The summed E-state index contributed by atoms with van der Waals surface area (Å²) >= 11 is 0. The lowest BCUT2D eigenvalue weighted by Crippen LogP contribution is -2.41. The van der Waals surface area contributed by atoms with Crippen molar-refractivity contribution in [2.45, 2.75) is 45.3 Å². The zero-order valence-electron chi connectivity index (χ0n) is 15.4. The number of benzene rings is 1. The van der Waals surface area contributed by atoms with Crippen LogP contribution in [0, 0.1) is 0 Å². The second kappa shape index (κ2) is 10.7. The molecule has 5 nitrogen and oxygen atoms in total. The van der Waals surface area contributed by atoms with Crippen molar-refractivity contribution in [3.05, 3.63) is 35.4 Å². The summed E-state index contributed by atoms with van der Waals surface area (Å²) in [4.78, 5) is 15.7. The summed E-state index contributed by atoms with van der Waals surface area (Å²) in [5.41, 5.74) is 0.149. The lowest BCUT2D eigenvalue weighted by atomic mass is 10.1. The number of hydrogen-bond donors (Lipinski definition) is 3. The fraction of sp³-hybridized carbons (Fsp3) is 0.556. The zero-order chi connectivity index (χ0) is 19.6. The van der Waals surface area contributed by atoms with Gasteiger partial charge in [-0.15, -0.1) is 0 Å². The fourth-order valence-electron chi connectivity index (χ4n) is 2.15. The molecule has 0 bridgehead atoms. The van der Waals surface area contributed by atoms with E-state index in [1.54, 1.807) is 7.05 Å². The van der Waals surface area contributed by atoms with Crippen LogP contribution in [0.5, 0.6) is 0 Å². The van der Waals surface area contributed by atoms with Crippen molar-refractivity contribution in [1.82, 2.24) is 16.0 Å². The Kier molecular flexibility index (Phi) is 8.95. The van der Waals surface area contributed by atoms with Gasteiger partial charge in [-0.1, -0.05) is 19.1 Å². The standard InChI is InChI=1S/C18H27F3N4O/c1-4-13(2)25-16(26)10-12-24-17(22-3)23-11-9-14-5-7-15(8-6-14)18(19,20)21/h5-8,13H,4,9-12H2,1-3H3,(H,25,26)(H2,22,23,24). The summed E-state index contributed by atoms with van der Waals surface area (Å²) < 4.78 is 37.6. The van der Waals surface area contributed by atoms with E-state index in [1.165, 1.54) is 12.1 Å². The predicted molar refractivity (Wildman–Crippen MR) is 97.0 cm³/mol. The predicted octanol–water partition coefficient (Wildman–Crippen LogP) is 2.72. The highest BCUT2D eigenvalue weighted by atomic mass is 19.4. The summed E-state index contributed by atoms with van der Waals surface area (Å²) in [6.07, 6.45) is -2.53. The molecule has 0 aliphatic heterocycles. The minimum Gasteiger partial charge on any atom is -0.356 e. The van der Waals surface area contributed by atoms with Gasteiger partial charge < -0.3 is 16.0 Å². The van der Waals surface area contributed by atoms with Gasteiger partial charge in [-0.2, -0.15) is 13.2 Å². The number of amides is 1. The van der Waals surface area contributed by atoms with E-state index < -0.39 is 11.7 Å². The normalized spacial score (nSPS) is 13.2. The minimum absolute atomic E-state index is 0.0212. The highest BCUT2D eigenvalue weighted by Crippen LogP contribution is 2.29. The number of carbonyl (C=O) groups is 1. The lowest BCUT2D eigenvalue weighted by Gasteiger charge is -2.14. The van der Waals surface area contributed by atoms with Crippen LogP contribution in [0.15, 0.2) is 29.3 Å². The first-order valence-corrected chi connectivity index (χ1v) is 8.66. The van der Waals surface area contributed by atoms with E-state index in [1.807, 2.05) is 13.8 Å². The van der Waals surface area contributed by atoms with Gasteiger partial charge in [0, 0.05) is 32.6 Å². The number of alkyl halides is 3. The van der Waals surface area contributed by atoms with Crippen molar-refractivity contribution >= 4 is 11.9 Å². The molecule has 1 atom stereocenters. The molecule has 1 aromatic rings. The van der Waals surface area contributed by atoms with E-state index in [0.29, 0.717) is 31.9 Å². The molecule has 1 amide bonds. The van der Waals surface area contributed by atoms with Gasteiger partial charge >= 0.3 is 6.18 Å². The molecule has 0 fully saturated rings. The molecule has 0 saturated heterocycles. The summed E-state index contributed by atoms with van der Waals surface area (Å²) in [7, 11) is 1.62. The summed E-state index contributed by atoms with van der Waals surface area (Å²) in [6, 6.07) is 5.26. The number of carbonyl (C=O) groups excluding carboxylic acids is 1. The minimum atomic E-state index is -4.32. The van der Waals surface area contributed by atoms with Crippen molar-refractivity contribution in [3.63, 3.8) is 0 Å². The zero-order valence-corrected chi connectivity index (χ0v) is 15.4. The van der Waals surface area contributed by atoms with Gasteiger partial charge in [-0.05, 0) is 37.5 Å². The van der Waals surface area contributed by atoms with Crippen LogP contribution >= 0.6 is 0 Å². The van der Waals surface area contributed by atoms with Crippen LogP contribution in [0.4, 0.5) is 13.2 Å². The molecule has 3 N–H and O–H groups in total. The van der Waals surface area contributed by atoms with Crippen molar-refractivity contribution in [1.29, 1.82) is 0 Å². The van der Waals surface area contributed by atoms with Crippen LogP contribution in [0.25, 0.3) is 0 Å². The highest BCUT2D eigenvalue weighted by molar-refractivity contribution is 5.81. The maximum absolute atomic E-state index is 12.5. The van der Waals surface area contributed by atoms with Gasteiger partial charge in [0.05, 0.1) is 5.56 Å². The molecule has 0 spiro atoms. The molecule has 1 unspecified atom stereocenters. The topological polar surface area (TPSA) is 65.5 Å². The maximum Gasteiger partial charge on any atom is 0.416 e. The lowest BCUT2D eigenvalue weighted by molar-refractivity contribution is -0.137. The Morgan fingerprint density at radius 1 is 1.15 bits per heavy atom. The first-order valence-electron chi connectivity index (χ1n) is 8.66. The molecular formula is C18H27F3N4O. The molecule has 0 aliphatic rings. The van der Waals surface area contributed by atoms with E-state index in [9.17, 15) is 18.0 Å². The number of nitrogens with zero attached hydrogens (tertiary/aromatic N) is 1. The van der Waals surface area contributed by atoms with Crippen LogP contribution in [0.2, 0.25) is 0 Å². The number of rotatable bonds is 8. The van der Waals surface area contributed by atoms with E-state index in [4.69, 9.17) is 0 Å². The Labute approximate surface area is 152 Å². The Morgan fingerprint density at radius 3 is 2.31 bits per heavy atom. The first-order chi connectivity index (χ1) is 12.3. The molecule has 1 aromatic carbocycles. The molecule has 8 heteroatoms. The Bertz CT molecular complexity index is 585. The third kappa shape index (κ3) is 8.22. The largest absolute Gasteiger partial charge is 0.416 e. The van der Waals surface area contributed by atoms with Gasteiger partial charge in [0.25, 0.3) is 0 Å². The molecule has 0 aromatic heterocycles.